The number of carbonyl (C=O) groups excluding carboxylic acids is 1. The molecule has 4 nitrogen and oxygen atoms in total. The molecule has 0 bridgehead atoms. The second-order valence-electron chi connectivity index (χ2n) is 6.24. The molecule has 1 saturated carbocycles. The van der Waals surface area contributed by atoms with Crippen molar-refractivity contribution in [2.75, 3.05) is 12.3 Å². The molecule has 106 valence electrons. The molecule has 1 aromatic heterocycles. The predicted octanol–water partition coefficient (Wildman–Crippen LogP) is 2.91. The number of hydrogen-bond donors (Lipinski definition) is 1. The van der Waals surface area contributed by atoms with Crippen LogP contribution in [0.1, 0.15) is 57.1 Å². The van der Waals surface area contributed by atoms with Crippen molar-refractivity contribution in [3.8, 4) is 0 Å². The van der Waals surface area contributed by atoms with E-state index in [0.717, 1.165) is 25.1 Å². The van der Waals surface area contributed by atoms with E-state index in [4.69, 9.17) is 5.73 Å². The lowest BCUT2D eigenvalue weighted by atomic mass is 10.1. The number of aromatic nitrogens is 1. The molecule has 2 rings (SSSR count). The first kappa shape index (κ1) is 14.0. The molecule has 0 radical (unpaired) electrons. The topological polar surface area (TPSA) is 51.3 Å². The molecule has 1 aliphatic rings. The van der Waals surface area contributed by atoms with E-state index >= 15 is 0 Å². The Morgan fingerprint density at radius 1 is 1.42 bits per heavy atom. The van der Waals surface area contributed by atoms with E-state index in [-0.39, 0.29) is 11.9 Å². The van der Waals surface area contributed by atoms with Crippen LogP contribution in [0.5, 0.6) is 0 Å². The molecule has 0 aliphatic heterocycles. The van der Waals surface area contributed by atoms with Crippen LogP contribution in [0.25, 0.3) is 0 Å². The lowest BCUT2D eigenvalue weighted by Gasteiger charge is -2.29. The number of hydrogen-bond acceptors (Lipinski definition) is 2. The highest BCUT2D eigenvalue weighted by Gasteiger charge is 2.30. The van der Waals surface area contributed by atoms with E-state index in [1.807, 2.05) is 17.2 Å². The van der Waals surface area contributed by atoms with Crippen molar-refractivity contribution >= 4 is 11.6 Å². The maximum absolute atomic E-state index is 12.7. The average molecular weight is 263 g/mol. The summed E-state index contributed by atoms with van der Waals surface area (Å²) in [5, 5.41) is 0. The minimum Gasteiger partial charge on any atom is -0.397 e. The van der Waals surface area contributed by atoms with Crippen LogP contribution in [0, 0.1) is 5.92 Å². The van der Waals surface area contributed by atoms with Gasteiger partial charge in [-0.3, -0.25) is 4.79 Å². The van der Waals surface area contributed by atoms with E-state index in [2.05, 4.69) is 32.3 Å². The molecule has 0 unspecified atom stereocenters. The Morgan fingerprint density at radius 2 is 2.05 bits per heavy atom. The summed E-state index contributed by atoms with van der Waals surface area (Å²) < 4.78 is 2.06. The largest absolute Gasteiger partial charge is 0.397 e. The number of rotatable bonds is 5. The molecule has 2 N–H and O–H groups in total. The van der Waals surface area contributed by atoms with Crippen LogP contribution in [0.3, 0.4) is 0 Å². The van der Waals surface area contributed by atoms with Crippen LogP contribution in [-0.4, -0.2) is 28.0 Å². The molecule has 1 heterocycles. The number of nitrogen functional groups attached to an aromatic ring is 1. The third kappa shape index (κ3) is 3.11. The molecule has 4 heteroatoms. The Bertz CT molecular complexity index is 458. The van der Waals surface area contributed by atoms with Crippen LogP contribution >= 0.6 is 0 Å². The number of anilines is 1. The maximum atomic E-state index is 12.7. The Labute approximate surface area is 115 Å². The quantitative estimate of drug-likeness (QED) is 0.888. The normalized spacial score (nSPS) is 15.3. The van der Waals surface area contributed by atoms with Crippen LogP contribution in [0.15, 0.2) is 12.3 Å². The van der Waals surface area contributed by atoms with Crippen molar-refractivity contribution in [1.82, 2.24) is 9.47 Å². The van der Waals surface area contributed by atoms with Gasteiger partial charge in [-0.05, 0) is 38.7 Å². The number of amides is 1. The molecular formula is C15H25N3O. The third-order valence-corrected chi connectivity index (χ3v) is 3.48. The molecule has 1 amide bonds. The zero-order valence-corrected chi connectivity index (χ0v) is 12.4. The van der Waals surface area contributed by atoms with Gasteiger partial charge in [0.1, 0.15) is 5.69 Å². The minimum atomic E-state index is 0.104. The highest BCUT2D eigenvalue weighted by molar-refractivity contribution is 5.94. The monoisotopic (exact) mass is 263 g/mol. The minimum absolute atomic E-state index is 0.104. The van der Waals surface area contributed by atoms with Gasteiger partial charge in [-0.15, -0.1) is 0 Å². The lowest BCUT2D eigenvalue weighted by molar-refractivity contribution is 0.0670. The van der Waals surface area contributed by atoms with Crippen molar-refractivity contribution in [3.63, 3.8) is 0 Å². The fourth-order valence-electron chi connectivity index (χ4n) is 2.40. The van der Waals surface area contributed by atoms with Gasteiger partial charge >= 0.3 is 0 Å². The Kier molecular flexibility index (Phi) is 3.88. The highest BCUT2D eigenvalue weighted by atomic mass is 16.2. The van der Waals surface area contributed by atoms with Gasteiger partial charge in [-0.25, -0.2) is 0 Å². The molecule has 1 aliphatic carbocycles. The summed E-state index contributed by atoms with van der Waals surface area (Å²) in [6.45, 7) is 9.18. The number of nitrogens with two attached hydrogens (primary N) is 1. The summed E-state index contributed by atoms with van der Waals surface area (Å²) in [7, 11) is 0. The maximum Gasteiger partial charge on any atom is 0.270 e. The van der Waals surface area contributed by atoms with Crippen molar-refractivity contribution in [2.45, 2.75) is 52.6 Å². The highest BCUT2D eigenvalue weighted by Crippen LogP contribution is 2.37. The second-order valence-corrected chi connectivity index (χ2v) is 6.24. The summed E-state index contributed by atoms with van der Waals surface area (Å²) in [6, 6.07) is 2.50. The average Bonchev–Trinajstić information content (AvgIpc) is 3.08. The van der Waals surface area contributed by atoms with Crippen molar-refractivity contribution in [2.24, 2.45) is 5.92 Å². The fourth-order valence-corrected chi connectivity index (χ4v) is 2.40. The fraction of sp³-hybridized carbons (Fsp3) is 0.667. The van der Waals surface area contributed by atoms with Crippen LogP contribution in [-0.2, 0) is 0 Å². The molecule has 0 aromatic carbocycles. The second kappa shape index (κ2) is 5.27. The molecule has 0 atom stereocenters. The van der Waals surface area contributed by atoms with Gasteiger partial charge < -0.3 is 15.2 Å². The molecular weight excluding hydrogens is 238 g/mol. The summed E-state index contributed by atoms with van der Waals surface area (Å²) >= 11 is 0. The Morgan fingerprint density at radius 3 is 2.53 bits per heavy atom. The van der Waals surface area contributed by atoms with Crippen molar-refractivity contribution in [1.29, 1.82) is 0 Å². The van der Waals surface area contributed by atoms with E-state index in [0.29, 0.717) is 17.6 Å². The SMILES string of the molecule is CC(C)CN(C(=O)c1cc(N)cn1C1CC1)C(C)C. The van der Waals surface area contributed by atoms with Crippen LogP contribution < -0.4 is 5.73 Å². The van der Waals surface area contributed by atoms with Crippen LogP contribution in [0.2, 0.25) is 0 Å². The molecule has 19 heavy (non-hydrogen) atoms. The third-order valence-electron chi connectivity index (χ3n) is 3.48. The van der Waals surface area contributed by atoms with Gasteiger partial charge in [0.15, 0.2) is 0 Å². The first-order valence-corrected chi connectivity index (χ1v) is 7.18. The molecule has 1 aromatic rings. The zero-order valence-electron chi connectivity index (χ0n) is 12.4. The summed E-state index contributed by atoms with van der Waals surface area (Å²) in [5.41, 5.74) is 7.30. The van der Waals surface area contributed by atoms with Gasteiger partial charge in [0.2, 0.25) is 0 Å². The van der Waals surface area contributed by atoms with Gasteiger partial charge in [-0.1, -0.05) is 13.8 Å². The van der Waals surface area contributed by atoms with E-state index in [9.17, 15) is 4.79 Å². The standard InChI is InChI=1S/C15H25N3O/c1-10(2)8-17(11(3)4)15(19)14-7-12(16)9-18(14)13-5-6-13/h7,9-11,13H,5-6,8,16H2,1-4H3. The lowest BCUT2D eigenvalue weighted by Crippen LogP contribution is -2.40. The van der Waals surface area contributed by atoms with E-state index in [1.54, 1.807) is 0 Å². The first-order chi connectivity index (χ1) is 8.90. The smallest absolute Gasteiger partial charge is 0.270 e. The zero-order chi connectivity index (χ0) is 14.2. The van der Waals surface area contributed by atoms with E-state index < -0.39 is 0 Å². The van der Waals surface area contributed by atoms with E-state index in [1.165, 1.54) is 0 Å². The Balaban J connectivity index is 2.25. The Hall–Kier alpha value is -1.45. The van der Waals surface area contributed by atoms with Gasteiger partial charge in [0.25, 0.3) is 5.91 Å². The van der Waals surface area contributed by atoms with Crippen molar-refractivity contribution < 1.29 is 4.79 Å². The van der Waals surface area contributed by atoms with Gasteiger partial charge in [0.05, 0.1) is 5.69 Å². The van der Waals surface area contributed by atoms with Gasteiger partial charge in [-0.2, -0.15) is 0 Å². The summed E-state index contributed by atoms with van der Waals surface area (Å²) in [4.78, 5) is 14.7. The summed E-state index contributed by atoms with van der Waals surface area (Å²) in [5.74, 6) is 0.570. The molecule has 0 spiro atoms. The molecule has 1 fully saturated rings. The van der Waals surface area contributed by atoms with Crippen LogP contribution in [0.4, 0.5) is 5.69 Å². The number of carbonyl (C=O) groups is 1. The van der Waals surface area contributed by atoms with Gasteiger partial charge in [0, 0.05) is 24.8 Å². The molecule has 0 saturated heterocycles. The first-order valence-electron chi connectivity index (χ1n) is 7.18. The predicted molar refractivity (Wildman–Crippen MR) is 78.1 cm³/mol. The summed E-state index contributed by atoms with van der Waals surface area (Å²) in [6.07, 6.45) is 4.21. The van der Waals surface area contributed by atoms with Crippen molar-refractivity contribution in [3.05, 3.63) is 18.0 Å². The number of nitrogens with zero attached hydrogens (tertiary/aromatic N) is 2.